The molecule has 0 radical (unpaired) electrons. The van der Waals surface area contributed by atoms with Crippen molar-refractivity contribution in [3.05, 3.63) is 30.3 Å². The standard InChI is InChI=1S/C17H26O3Si/c1-4-19-17(18)13-14-9-8-12-16(14)20-21(2,3)15-10-6-5-7-11-15/h5-7,10-11,14,16H,4,8-9,12-13H2,1-3H3/t14-,16-/m1/s1. The van der Waals surface area contributed by atoms with Gasteiger partial charge in [0.2, 0.25) is 8.32 Å². The van der Waals surface area contributed by atoms with Gasteiger partial charge in [-0.1, -0.05) is 36.8 Å². The van der Waals surface area contributed by atoms with Crippen LogP contribution in [0.15, 0.2) is 30.3 Å². The second kappa shape index (κ2) is 7.23. The van der Waals surface area contributed by atoms with E-state index in [2.05, 4.69) is 37.4 Å². The predicted molar refractivity (Wildman–Crippen MR) is 87.0 cm³/mol. The zero-order valence-corrected chi connectivity index (χ0v) is 14.3. The summed E-state index contributed by atoms with van der Waals surface area (Å²) in [5.41, 5.74) is 0. The van der Waals surface area contributed by atoms with Gasteiger partial charge in [-0.25, -0.2) is 0 Å². The molecule has 0 N–H and O–H groups in total. The van der Waals surface area contributed by atoms with Crippen molar-refractivity contribution in [3.8, 4) is 0 Å². The maximum atomic E-state index is 11.7. The molecule has 3 nitrogen and oxygen atoms in total. The lowest BCUT2D eigenvalue weighted by Gasteiger charge is -2.30. The molecule has 1 aromatic carbocycles. The molecule has 1 aliphatic carbocycles. The summed E-state index contributed by atoms with van der Waals surface area (Å²) in [5.74, 6) is 0.233. The monoisotopic (exact) mass is 306 g/mol. The summed E-state index contributed by atoms with van der Waals surface area (Å²) in [7, 11) is -1.91. The van der Waals surface area contributed by atoms with Crippen LogP contribution in [0.1, 0.15) is 32.6 Å². The normalized spacial score (nSPS) is 22.2. The first-order valence-corrected chi connectivity index (χ1v) is 10.8. The zero-order chi connectivity index (χ0) is 15.3. The van der Waals surface area contributed by atoms with Crippen molar-refractivity contribution in [1.82, 2.24) is 0 Å². The van der Waals surface area contributed by atoms with Crippen LogP contribution in [0, 0.1) is 5.92 Å². The van der Waals surface area contributed by atoms with Crippen LogP contribution in [-0.4, -0.2) is 27.0 Å². The highest BCUT2D eigenvalue weighted by Gasteiger charge is 2.36. The Labute approximate surface area is 128 Å². The molecule has 0 heterocycles. The highest BCUT2D eigenvalue weighted by atomic mass is 28.4. The Hall–Kier alpha value is -1.13. The Morgan fingerprint density at radius 3 is 2.62 bits per heavy atom. The Kier molecular flexibility index (Phi) is 5.59. The van der Waals surface area contributed by atoms with Gasteiger partial charge in [0.25, 0.3) is 0 Å². The lowest BCUT2D eigenvalue weighted by atomic mass is 10.0. The highest BCUT2D eigenvalue weighted by molar-refractivity contribution is 6.84. The first-order chi connectivity index (χ1) is 10.0. The van der Waals surface area contributed by atoms with Crippen molar-refractivity contribution in [2.45, 2.75) is 51.8 Å². The molecule has 0 unspecified atom stereocenters. The molecule has 21 heavy (non-hydrogen) atoms. The van der Waals surface area contributed by atoms with Crippen LogP contribution >= 0.6 is 0 Å². The Balaban J connectivity index is 1.99. The predicted octanol–water partition coefficient (Wildman–Crippen LogP) is 3.24. The minimum Gasteiger partial charge on any atom is -0.466 e. The van der Waals surface area contributed by atoms with Gasteiger partial charge in [0.15, 0.2) is 0 Å². The lowest BCUT2D eigenvalue weighted by molar-refractivity contribution is -0.144. The van der Waals surface area contributed by atoms with Gasteiger partial charge in [0.05, 0.1) is 13.0 Å². The Morgan fingerprint density at radius 2 is 1.95 bits per heavy atom. The molecule has 1 aliphatic rings. The first kappa shape index (κ1) is 16.2. The molecule has 0 spiro atoms. The summed E-state index contributed by atoms with van der Waals surface area (Å²) < 4.78 is 11.6. The average Bonchev–Trinajstić information content (AvgIpc) is 2.86. The number of esters is 1. The summed E-state index contributed by atoms with van der Waals surface area (Å²) in [4.78, 5) is 11.7. The Morgan fingerprint density at radius 1 is 1.24 bits per heavy atom. The van der Waals surface area contributed by atoms with Crippen molar-refractivity contribution < 1.29 is 14.0 Å². The number of hydrogen-bond donors (Lipinski definition) is 0. The van der Waals surface area contributed by atoms with E-state index in [4.69, 9.17) is 9.16 Å². The van der Waals surface area contributed by atoms with E-state index in [0.717, 1.165) is 19.3 Å². The maximum Gasteiger partial charge on any atom is 0.306 e. The van der Waals surface area contributed by atoms with Gasteiger partial charge < -0.3 is 9.16 Å². The third kappa shape index (κ3) is 4.42. The largest absolute Gasteiger partial charge is 0.466 e. The number of carbonyl (C=O) groups is 1. The summed E-state index contributed by atoms with van der Waals surface area (Å²) in [6, 6.07) is 10.5. The summed E-state index contributed by atoms with van der Waals surface area (Å²) >= 11 is 0. The summed E-state index contributed by atoms with van der Waals surface area (Å²) in [5, 5.41) is 1.31. The van der Waals surface area contributed by atoms with Crippen molar-refractivity contribution in [2.24, 2.45) is 5.92 Å². The van der Waals surface area contributed by atoms with E-state index in [-0.39, 0.29) is 12.1 Å². The van der Waals surface area contributed by atoms with E-state index in [0.29, 0.717) is 18.9 Å². The van der Waals surface area contributed by atoms with Crippen molar-refractivity contribution in [2.75, 3.05) is 6.61 Å². The highest BCUT2D eigenvalue weighted by Crippen LogP contribution is 2.33. The van der Waals surface area contributed by atoms with Gasteiger partial charge in [-0.3, -0.25) is 4.79 Å². The molecule has 1 aromatic rings. The summed E-state index contributed by atoms with van der Waals surface area (Å²) in [6.45, 7) is 6.79. The lowest BCUT2D eigenvalue weighted by Crippen LogP contribution is -2.48. The van der Waals surface area contributed by atoms with Crippen LogP contribution in [-0.2, 0) is 14.0 Å². The maximum absolute atomic E-state index is 11.7. The van der Waals surface area contributed by atoms with Crippen molar-refractivity contribution >= 4 is 19.5 Å². The molecule has 4 heteroatoms. The van der Waals surface area contributed by atoms with E-state index < -0.39 is 8.32 Å². The minimum atomic E-state index is -1.91. The molecule has 0 aromatic heterocycles. The van der Waals surface area contributed by atoms with E-state index in [1.54, 1.807) is 0 Å². The van der Waals surface area contributed by atoms with Crippen molar-refractivity contribution in [1.29, 1.82) is 0 Å². The molecule has 0 saturated heterocycles. The smallest absolute Gasteiger partial charge is 0.306 e. The van der Waals surface area contributed by atoms with E-state index in [1.807, 2.05) is 13.0 Å². The summed E-state index contributed by atoms with van der Waals surface area (Å²) in [6.07, 6.45) is 3.98. The van der Waals surface area contributed by atoms with Crippen LogP contribution < -0.4 is 5.19 Å². The minimum absolute atomic E-state index is 0.0859. The number of benzene rings is 1. The van der Waals surface area contributed by atoms with Crippen LogP contribution in [0.2, 0.25) is 13.1 Å². The molecular weight excluding hydrogens is 280 g/mol. The third-order valence-corrected chi connectivity index (χ3v) is 6.85. The molecule has 116 valence electrons. The topological polar surface area (TPSA) is 35.5 Å². The first-order valence-electron chi connectivity index (χ1n) is 7.92. The molecular formula is C17H26O3Si. The number of hydrogen-bond acceptors (Lipinski definition) is 3. The number of ether oxygens (including phenoxy) is 1. The van der Waals surface area contributed by atoms with Gasteiger partial charge in [-0.2, -0.15) is 0 Å². The van der Waals surface area contributed by atoms with E-state index in [9.17, 15) is 4.79 Å². The third-order valence-electron chi connectivity index (χ3n) is 4.24. The number of rotatable bonds is 6. The van der Waals surface area contributed by atoms with E-state index >= 15 is 0 Å². The molecule has 2 rings (SSSR count). The molecule has 1 saturated carbocycles. The fourth-order valence-corrected chi connectivity index (χ4v) is 5.31. The van der Waals surface area contributed by atoms with E-state index in [1.165, 1.54) is 5.19 Å². The van der Waals surface area contributed by atoms with Gasteiger partial charge in [-0.05, 0) is 44.0 Å². The van der Waals surface area contributed by atoms with Crippen LogP contribution in [0.4, 0.5) is 0 Å². The Bertz CT molecular complexity index is 458. The van der Waals surface area contributed by atoms with Crippen LogP contribution in [0.25, 0.3) is 0 Å². The zero-order valence-electron chi connectivity index (χ0n) is 13.3. The van der Waals surface area contributed by atoms with Gasteiger partial charge in [0.1, 0.15) is 0 Å². The SMILES string of the molecule is CCOC(=O)C[C@H]1CCC[C@H]1O[Si](C)(C)c1ccccc1. The molecule has 2 atom stereocenters. The van der Waals surface area contributed by atoms with Crippen molar-refractivity contribution in [3.63, 3.8) is 0 Å². The van der Waals surface area contributed by atoms with Crippen LogP contribution in [0.5, 0.6) is 0 Å². The fourth-order valence-electron chi connectivity index (χ4n) is 3.11. The van der Waals surface area contributed by atoms with Crippen LogP contribution in [0.3, 0.4) is 0 Å². The van der Waals surface area contributed by atoms with Gasteiger partial charge >= 0.3 is 5.97 Å². The number of carbonyl (C=O) groups excluding carboxylic acids is 1. The van der Waals surface area contributed by atoms with Gasteiger partial charge in [0, 0.05) is 6.10 Å². The molecule has 0 amide bonds. The molecule has 0 bridgehead atoms. The fraction of sp³-hybridized carbons (Fsp3) is 0.588. The molecule has 0 aliphatic heterocycles. The van der Waals surface area contributed by atoms with Gasteiger partial charge in [-0.15, -0.1) is 0 Å². The second-order valence-electron chi connectivity index (χ2n) is 6.23. The average molecular weight is 306 g/mol. The quantitative estimate of drug-likeness (QED) is 0.598. The second-order valence-corrected chi connectivity index (χ2v) is 10.1. The molecule has 1 fully saturated rings.